The van der Waals surface area contributed by atoms with Gasteiger partial charge in [0, 0.05) is 5.69 Å². The molecular weight excluding hydrogens is 407 g/mol. The summed E-state index contributed by atoms with van der Waals surface area (Å²) in [5.41, 5.74) is 1.36. The number of hydrogen-bond donors (Lipinski definition) is 1. The molecule has 0 aliphatic carbocycles. The van der Waals surface area contributed by atoms with Gasteiger partial charge in [0.1, 0.15) is 5.75 Å². The Balaban J connectivity index is 1.58. The van der Waals surface area contributed by atoms with E-state index >= 15 is 0 Å². The van der Waals surface area contributed by atoms with Crippen LogP contribution >= 0.6 is 11.8 Å². The molecule has 0 saturated carbocycles. The molecule has 1 atom stereocenters. The second-order valence-electron chi connectivity index (χ2n) is 5.93. The number of hydrogen-bond acceptors (Lipinski definition) is 6. The van der Waals surface area contributed by atoms with E-state index in [9.17, 15) is 18.0 Å². The molecule has 29 heavy (non-hydrogen) atoms. The van der Waals surface area contributed by atoms with Crippen molar-refractivity contribution in [3.05, 3.63) is 60.2 Å². The van der Waals surface area contributed by atoms with Gasteiger partial charge in [0.15, 0.2) is 0 Å². The van der Waals surface area contributed by atoms with Gasteiger partial charge >= 0.3 is 6.36 Å². The minimum absolute atomic E-state index is 0.339. The number of benzene rings is 2. The molecule has 0 spiro atoms. The number of aromatic nitrogens is 4. The predicted octanol–water partition coefficient (Wildman–Crippen LogP) is 3.74. The molecule has 0 fully saturated rings. The maximum Gasteiger partial charge on any atom is 0.573 e. The van der Waals surface area contributed by atoms with Gasteiger partial charge in [-0.05, 0) is 47.2 Å². The molecule has 1 heterocycles. The monoisotopic (exact) mass is 423 g/mol. The maximum absolute atomic E-state index is 12.4. The summed E-state index contributed by atoms with van der Waals surface area (Å²) < 4.78 is 42.0. The summed E-state index contributed by atoms with van der Waals surface area (Å²) in [6.45, 7) is 2.15. The van der Waals surface area contributed by atoms with E-state index in [1.54, 1.807) is 11.6 Å². The third-order valence-electron chi connectivity index (χ3n) is 3.68. The Labute approximate surface area is 168 Å². The van der Waals surface area contributed by atoms with Gasteiger partial charge in [-0.3, -0.25) is 4.79 Å². The minimum Gasteiger partial charge on any atom is -0.406 e. The summed E-state index contributed by atoms with van der Waals surface area (Å²) in [7, 11) is 0. The van der Waals surface area contributed by atoms with Crippen LogP contribution in [-0.2, 0) is 11.3 Å². The maximum atomic E-state index is 12.4. The van der Waals surface area contributed by atoms with Crippen LogP contribution in [0.15, 0.2) is 59.8 Å². The van der Waals surface area contributed by atoms with Crippen LogP contribution in [0.2, 0.25) is 0 Å². The molecular formula is C18H16F3N5O2S. The number of amides is 1. The van der Waals surface area contributed by atoms with E-state index in [0.29, 0.717) is 17.4 Å². The number of rotatable bonds is 7. The van der Waals surface area contributed by atoms with Gasteiger partial charge in [-0.2, -0.15) is 0 Å². The molecule has 0 aliphatic heterocycles. The van der Waals surface area contributed by atoms with Gasteiger partial charge < -0.3 is 10.1 Å². The first-order chi connectivity index (χ1) is 13.8. The summed E-state index contributed by atoms with van der Waals surface area (Å²) in [5.74, 6) is -0.702. The molecule has 1 N–H and O–H groups in total. The molecule has 152 valence electrons. The molecule has 2 aromatic carbocycles. The molecule has 0 saturated heterocycles. The van der Waals surface area contributed by atoms with Crippen LogP contribution in [-0.4, -0.2) is 37.7 Å². The van der Waals surface area contributed by atoms with E-state index in [-0.39, 0.29) is 11.7 Å². The lowest BCUT2D eigenvalue weighted by Crippen LogP contribution is -2.23. The fourth-order valence-corrected chi connectivity index (χ4v) is 3.12. The van der Waals surface area contributed by atoms with E-state index < -0.39 is 11.6 Å². The van der Waals surface area contributed by atoms with Crippen molar-refractivity contribution in [3.63, 3.8) is 0 Å². The molecule has 7 nitrogen and oxygen atoms in total. The highest BCUT2D eigenvalue weighted by atomic mass is 32.2. The van der Waals surface area contributed by atoms with Crippen LogP contribution in [0.25, 0.3) is 0 Å². The van der Waals surface area contributed by atoms with Crippen molar-refractivity contribution < 1.29 is 22.7 Å². The number of nitrogens with one attached hydrogen (secondary N) is 1. The highest BCUT2D eigenvalue weighted by molar-refractivity contribution is 8.00. The largest absolute Gasteiger partial charge is 0.573 e. The zero-order chi connectivity index (χ0) is 20.9. The van der Waals surface area contributed by atoms with Crippen molar-refractivity contribution in [3.8, 4) is 5.75 Å². The quantitative estimate of drug-likeness (QED) is 0.583. The molecule has 0 radical (unpaired) electrons. The van der Waals surface area contributed by atoms with Crippen molar-refractivity contribution in [1.82, 2.24) is 20.2 Å². The standard InChI is InChI=1S/C18H16F3N5O2S/c1-12(16(27)22-14-7-9-15(10-8-14)28-18(19,20)21)29-17-23-24-25-26(17)11-13-5-3-2-4-6-13/h2-10,12H,11H2,1H3,(H,22,27)/t12-/m0/s1. The Morgan fingerprint density at radius 2 is 1.86 bits per heavy atom. The fraction of sp³-hybridized carbons (Fsp3) is 0.222. The SMILES string of the molecule is C[C@H](Sc1nnnn1Cc1ccccc1)C(=O)Nc1ccc(OC(F)(F)F)cc1. The van der Waals surface area contributed by atoms with Crippen LogP contribution in [0.5, 0.6) is 5.75 Å². The van der Waals surface area contributed by atoms with Crippen molar-refractivity contribution in [2.24, 2.45) is 0 Å². The van der Waals surface area contributed by atoms with Crippen LogP contribution in [0.3, 0.4) is 0 Å². The van der Waals surface area contributed by atoms with Gasteiger partial charge in [-0.15, -0.1) is 18.3 Å². The topological polar surface area (TPSA) is 81.9 Å². The van der Waals surface area contributed by atoms with Crippen LogP contribution in [0.1, 0.15) is 12.5 Å². The predicted molar refractivity (Wildman–Crippen MR) is 100 cm³/mol. The lowest BCUT2D eigenvalue weighted by molar-refractivity contribution is -0.274. The molecule has 3 aromatic rings. The van der Waals surface area contributed by atoms with Crippen molar-refractivity contribution in [2.75, 3.05) is 5.32 Å². The van der Waals surface area contributed by atoms with E-state index in [4.69, 9.17) is 0 Å². The Morgan fingerprint density at radius 3 is 2.52 bits per heavy atom. The third kappa shape index (κ3) is 6.21. The van der Waals surface area contributed by atoms with E-state index in [0.717, 1.165) is 17.7 Å². The van der Waals surface area contributed by atoms with Crippen molar-refractivity contribution in [2.45, 2.75) is 30.2 Å². The first kappa shape index (κ1) is 20.6. The summed E-state index contributed by atoms with van der Waals surface area (Å²) in [6, 6.07) is 14.5. The first-order valence-electron chi connectivity index (χ1n) is 8.43. The van der Waals surface area contributed by atoms with E-state index in [1.165, 1.54) is 23.9 Å². The molecule has 3 rings (SSSR count). The molecule has 1 aromatic heterocycles. The Morgan fingerprint density at radius 1 is 1.17 bits per heavy atom. The molecule has 0 bridgehead atoms. The number of nitrogens with zero attached hydrogens (tertiary/aromatic N) is 4. The summed E-state index contributed by atoms with van der Waals surface area (Å²) in [5, 5.41) is 14.1. The average molecular weight is 423 g/mol. The van der Waals surface area contributed by atoms with E-state index in [1.807, 2.05) is 30.3 Å². The van der Waals surface area contributed by atoms with Gasteiger partial charge in [0.25, 0.3) is 0 Å². The number of halogens is 3. The number of anilines is 1. The summed E-state index contributed by atoms with van der Waals surface area (Å²) in [4.78, 5) is 12.4. The van der Waals surface area contributed by atoms with Gasteiger partial charge in [0.2, 0.25) is 11.1 Å². The van der Waals surface area contributed by atoms with Crippen LogP contribution in [0, 0.1) is 0 Å². The highest BCUT2D eigenvalue weighted by Crippen LogP contribution is 2.25. The van der Waals surface area contributed by atoms with Crippen molar-refractivity contribution >= 4 is 23.4 Å². The first-order valence-corrected chi connectivity index (χ1v) is 9.31. The smallest absolute Gasteiger partial charge is 0.406 e. The Hall–Kier alpha value is -3.08. The van der Waals surface area contributed by atoms with Crippen molar-refractivity contribution in [1.29, 1.82) is 0 Å². The molecule has 0 unspecified atom stereocenters. The van der Waals surface area contributed by atoms with Crippen LogP contribution in [0.4, 0.5) is 18.9 Å². The second-order valence-corrected chi connectivity index (χ2v) is 7.23. The minimum atomic E-state index is -4.76. The lowest BCUT2D eigenvalue weighted by Gasteiger charge is -2.13. The third-order valence-corrected chi connectivity index (χ3v) is 4.75. The van der Waals surface area contributed by atoms with Gasteiger partial charge in [0.05, 0.1) is 11.8 Å². The number of carbonyl (C=O) groups is 1. The fourth-order valence-electron chi connectivity index (χ4n) is 2.33. The molecule has 1 amide bonds. The van der Waals surface area contributed by atoms with Gasteiger partial charge in [-0.1, -0.05) is 42.1 Å². The number of ether oxygens (including phenoxy) is 1. The normalized spacial score (nSPS) is 12.4. The van der Waals surface area contributed by atoms with Crippen LogP contribution < -0.4 is 10.1 Å². The lowest BCUT2D eigenvalue weighted by atomic mass is 10.2. The number of tetrazole rings is 1. The Kier molecular flexibility index (Phi) is 6.37. The molecule has 0 aliphatic rings. The molecule has 11 heteroatoms. The summed E-state index contributed by atoms with van der Waals surface area (Å²) in [6.07, 6.45) is -4.76. The summed E-state index contributed by atoms with van der Waals surface area (Å²) >= 11 is 1.18. The average Bonchev–Trinajstić information content (AvgIpc) is 3.09. The number of alkyl halides is 3. The zero-order valence-electron chi connectivity index (χ0n) is 15.1. The van der Waals surface area contributed by atoms with E-state index in [2.05, 4.69) is 25.6 Å². The number of thioether (sulfide) groups is 1. The zero-order valence-corrected chi connectivity index (χ0v) is 15.9. The second kappa shape index (κ2) is 8.95. The highest BCUT2D eigenvalue weighted by Gasteiger charge is 2.31. The Bertz CT molecular complexity index is 948. The number of carbonyl (C=O) groups excluding carboxylic acids is 1. The van der Waals surface area contributed by atoms with Gasteiger partial charge in [-0.25, -0.2) is 4.68 Å².